The first-order valence-electron chi connectivity index (χ1n) is 10.0. The van der Waals surface area contributed by atoms with Gasteiger partial charge in [0.1, 0.15) is 0 Å². The fraction of sp³-hybridized carbons (Fsp3) is 0.591. The van der Waals surface area contributed by atoms with Crippen LogP contribution >= 0.6 is 11.8 Å². The predicted octanol–water partition coefficient (Wildman–Crippen LogP) is 5.02. The summed E-state index contributed by atoms with van der Waals surface area (Å²) in [4.78, 5) is 14.8. The van der Waals surface area contributed by atoms with E-state index in [9.17, 15) is 4.79 Å². The summed E-state index contributed by atoms with van der Waals surface area (Å²) in [7, 11) is 0. The minimum Gasteiger partial charge on any atom is -0.411 e. The monoisotopic (exact) mass is 401 g/mol. The summed E-state index contributed by atoms with van der Waals surface area (Å²) in [6.45, 7) is 14.6. The van der Waals surface area contributed by atoms with Crippen molar-refractivity contribution in [1.82, 2.24) is 15.1 Å². The Labute approximate surface area is 172 Å². The zero-order valence-corrected chi connectivity index (χ0v) is 18.5. The Morgan fingerprint density at radius 2 is 1.75 bits per heavy atom. The van der Waals surface area contributed by atoms with Gasteiger partial charge in [-0.25, -0.2) is 0 Å². The predicted molar refractivity (Wildman–Crippen MR) is 113 cm³/mol. The minimum atomic E-state index is -0.242. The zero-order chi connectivity index (χ0) is 20.5. The zero-order valence-electron chi connectivity index (χ0n) is 17.7. The van der Waals surface area contributed by atoms with Crippen molar-refractivity contribution in [3.05, 3.63) is 29.8 Å². The number of nitrogens with zero attached hydrogens (tertiary/aromatic N) is 3. The number of rotatable bonds is 4. The maximum absolute atomic E-state index is 12.8. The normalized spacial score (nSPS) is 21.6. The summed E-state index contributed by atoms with van der Waals surface area (Å²) in [5, 5.41) is 8.50. The molecule has 3 unspecified atom stereocenters. The topological polar surface area (TPSA) is 59.2 Å². The van der Waals surface area contributed by atoms with Crippen molar-refractivity contribution >= 4 is 17.7 Å². The molecule has 1 aliphatic rings. The van der Waals surface area contributed by atoms with Crippen molar-refractivity contribution in [2.45, 2.75) is 63.9 Å². The second-order valence-corrected chi connectivity index (χ2v) is 10.4. The molecule has 28 heavy (non-hydrogen) atoms. The third kappa shape index (κ3) is 4.96. The third-order valence-corrected chi connectivity index (χ3v) is 6.13. The molecule has 1 fully saturated rings. The average molecular weight is 402 g/mol. The molecular weight excluding hydrogens is 370 g/mol. The molecule has 3 rings (SSSR count). The number of carbonyl (C=O) groups is 1. The Balaban J connectivity index is 1.64. The molecule has 1 saturated heterocycles. The Bertz CT molecular complexity index is 800. The molecule has 1 aliphatic heterocycles. The molecule has 2 heterocycles. The average Bonchev–Trinajstić information content (AvgIpc) is 3.08. The lowest BCUT2D eigenvalue weighted by Crippen LogP contribution is -2.45. The highest BCUT2D eigenvalue weighted by Crippen LogP contribution is 2.30. The quantitative estimate of drug-likeness (QED) is 0.673. The van der Waals surface area contributed by atoms with Gasteiger partial charge in [-0.2, -0.15) is 0 Å². The van der Waals surface area contributed by atoms with E-state index in [4.69, 9.17) is 4.42 Å². The summed E-state index contributed by atoms with van der Waals surface area (Å²) in [6, 6.07) is 8.20. The lowest BCUT2D eigenvalue weighted by atomic mass is 9.87. The summed E-state index contributed by atoms with van der Waals surface area (Å²) in [6.07, 6.45) is 1.19. The van der Waals surface area contributed by atoms with Gasteiger partial charge in [0.25, 0.3) is 5.22 Å². The molecule has 0 saturated carbocycles. The van der Waals surface area contributed by atoms with Crippen molar-refractivity contribution in [1.29, 1.82) is 0 Å². The van der Waals surface area contributed by atoms with Gasteiger partial charge >= 0.3 is 0 Å². The van der Waals surface area contributed by atoms with Gasteiger partial charge in [-0.15, -0.1) is 10.2 Å². The molecule has 1 aromatic carbocycles. The molecule has 0 bridgehead atoms. The number of piperidine rings is 1. The van der Waals surface area contributed by atoms with E-state index >= 15 is 0 Å². The van der Waals surface area contributed by atoms with Crippen molar-refractivity contribution in [2.24, 2.45) is 11.8 Å². The summed E-state index contributed by atoms with van der Waals surface area (Å²) < 4.78 is 5.82. The molecular formula is C22H31N3O2S. The SMILES string of the molecule is CC1CC(C)CN(C(=O)C(C)Sc2nnc(-c3ccc(C(C)(C)C)cc3)o2)C1. The number of thioether (sulfide) groups is 1. The highest BCUT2D eigenvalue weighted by atomic mass is 32.2. The van der Waals surface area contributed by atoms with Crippen LogP contribution < -0.4 is 0 Å². The Morgan fingerprint density at radius 1 is 1.14 bits per heavy atom. The van der Waals surface area contributed by atoms with E-state index in [0.717, 1.165) is 18.7 Å². The largest absolute Gasteiger partial charge is 0.411 e. The van der Waals surface area contributed by atoms with Gasteiger partial charge in [0.15, 0.2) is 0 Å². The molecule has 0 aliphatic carbocycles. The lowest BCUT2D eigenvalue weighted by Gasteiger charge is -2.36. The van der Waals surface area contributed by atoms with Gasteiger partial charge in [0.05, 0.1) is 5.25 Å². The number of hydrogen-bond donors (Lipinski definition) is 0. The number of amides is 1. The van der Waals surface area contributed by atoms with Crippen LogP contribution in [0.4, 0.5) is 0 Å². The van der Waals surface area contributed by atoms with Gasteiger partial charge in [-0.05, 0) is 48.3 Å². The molecule has 152 valence electrons. The van der Waals surface area contributed by atoms with Crippen LogP contribution in [0.5, 0.6) is 0 Å². The van der Waals surface area contributed by atoms with Crippen LogP contribution in [-0.4, -0.2) is 39.3 Å². The Morgan fingerprint density at radius 3 is 2.32 bits per heavy atom. The van der Waals surface area contributed by atoms with Gasteiger partial charge in [-0.1, -0.05) is 58.5 Å². The summed E-state index contributed by atoms with van der Waals surface area (Å²) >= 11 is 1.34. The van der Waals surface area contributed by atoms with Crippen molar-refractivity contribution < 1.29 is 9.21 Å². The van der Waals surface area contributed by atoms with E-state index in [1.165, 1.54) is 23.7 Å². The van der Waals surface area contributed by atoms with Crippen molar-refractivity contribution in [3.8, 4) is 11.5 Å². The number of hydrogen-bond acceptors (Lipinski definition) is 5. The van der Waals surface area contributed by atoms with E-state index in [2.05, 4.69) is 56.9 Å². The van der Waals surface area contributed by atoms with Crippen molar-refractivity contribution in [3.63, 3.8) is 0 Å². The molecule has 0 radical (unpaired) electrons. The molecule has 5 nitrogen and oxygen atoms in total. The first-order chi connectivity index (χ1) is 13.1. The Hall–Kier alpha value is -1.82. The fourth-order valence-corrected chi connectivity index (χ4v) is 4.56. The number of carbonyl (C=O) groups excluding carboxylic acids is 1. The highest BCUT2D eigenvalue weighted by Gasteiger charge is 2.29. The smallest absolute Gasteiger partial charge is 0.277 e. The molecule has 2 aromatic rings. The summed E-state index contributed by atoms with van der Waals surface area (Å²) in [5.41, 5.74) is 2.26. The first-order valence-corrected chi connectivity index (χ1v) is 10.9. The second kappa shape index (κ2) is 8.27. The van der Waals surface area contributed by atoms with Crippen LogP contribution in [0.15, 0.2) is 33.9 Å². The van der Waals surface area contributed by atoms with Crippen LogP contribution in [0.2, 0.25) is 0 Å². The van der Waals surface area contributed by atoms with E-state index in [0.29, 0.717) is 22.9 Å². The molecule has 3 atom stereocenters. The van der Waals surface area contributed by atoms with Gasteiger partial charge in [-0.3, -0.25) is 4.79 Å². The van der Waals surface area contributed by atoms with Crippen molar-refractivity contribution in [2.75, 3.05) is 13.1 Å². The highest BCUT2D eigenvalue weighted by molar-refractivity contribution is 8.00. The van der Waals surface area contributed by atoms with Crippen LogP contribution in [0.3, 0.4) is 0 Å². The van der Waals surface area contributed by atoms with E-state index < -0.39 is 0 Å². The maximum atomic E-state index is 12.8. The van der Waals surface area contributed by atoms with Crippen LogP contribution in [0.1, 0.15) is 53.5 Å². The van der Waals surface area contributed by atoms with Gasteiger partial charge < -0.3 is 9.32 Å². The number of aromatic nitrogens is 2. The van der Waals surface area contributed by atoms with Crippen LogP contribution in [0.25, 0.3) is 11.5 Å². The molecule has 0 N–H and O–H groups in total. The first kappa shape index (κ1) is 20.9. The third-order valence-electron chi connectivity index (χ3n) is 5.21. The number of likely N-dealkylation sites (tertiary alicyclic amines) is 1. The van der Waals surface area contributed by atoms with Crippen LogP contribution in [-0.2, 0) is 10.2 Å². The standard InChI is InChI=1S/C22H31N3O2S/c1-14-11-15(2)13-25(12-14)20(26)16(3)28-21-24-23-19(27-21)17-7-9-18(10-8-17)22(4,5)6/h7-10,14-16H,11-13H2,1-6H3. The second-order valence-electron chi connectivity index (χ2n) is 9.15. The van der Waals surface area contributed by atoms with Gasteiger partial charge in [0.2, 0.25) is 11.8 Å². The molecule has 6 heteroatoms. The Kier molecular flexibility index (Phi) is 6.18. The molecule has 1 aromatic heterocycles. The molecule has 0 spiro atoms. The molecule has 1 amide bonds. The summed E-state index contributed by atoms with van der Waals surface area (Å²) in [5.74, 6) is 1.74. The van der Waals surface area contributed by atoms with E-state index in [1.807, 2.05) is 24.0 Å². The lowest BCUT2D eigenvalue weighted by molar-refractivity contribution is -0.132. The minimum absolute atomic E-state index is 0.105. The van der Waals surface area contributed by atoms with E-state index in [1.54, 1.807) is 0 Å². The van der Waals surface area contributed by atoms with Crippen LogP contribution in [0, 0.1) is 11.8 Å². The fourth-order valence-electron chi connectivity index (χ4n) is 3.79. The van der Waals surface area contributed by atoms with Gasteiger partial charge in [0, 0.05) is 18.7 Å². The van der Waals surface area contributed by atoms with E-state index in [-0.39, 0.29) is 16.6 Å². The number of benzene rings is 1. The maximum Gasteiger partial charge on any atom is 0.277 e.